The minimum Gasteiger partial charge on any atom is -0.354 e. The summed E-state index contributed by atoms with van der Waals surface area (Å²) in [6.45, 7) is 1.55. The molecule has 3 aliphatic rings. The first kappa shape index (κ1) is 22.7. The third kappa shape index (κ3) is 4.24. The van der Waals surface area contributed by atoms with Gasteiger partial charge >= 0.3 is 0 Å². The van der Waals surface area contributed by atoms with Gasteiger partial charge in [0, 0.05) is 42.8 Å². The molecule has 7 heteroatoms. The quantitative estimate of drug-likeness (QED) is 0.656. The molecule has 1 aliphatic carbocycles. The van der Waals surface area contributed by atoms with Crippen LogP contribution in [0.3, 0.4) is 0 Å². The monoisotopic (exact) mass is 465 g/mol. The Labute approximate surface area is 198 Å². The van der Waals surface area contributed by atoms with Gasteiger partial charge in [0.25, 0.3) is 0 Å². The van der Waals surface area contributed by atoms with Crippen molar-refractivity contribution in [2.45, 2.75) is 69.9 Å². The molecule has 2 aromatic carbocycles. The minimum atomic E-state index is -0.959. The van der Waals surface area contributed by atoms with E-state index in [0.29, 0.717) is 18.0 Å². The smallest absolute Gasteiger partial charge is 0.227 e. The number of para-hydroxylation sites is 1. The molecule has 34 heavy (non-hydrogen) atoms. The summed E-state index contributed by atoms with van der Waals surface area (Å²) in [6.07, 6.45) is 5.57. The second kappa shape index (κ2) is 9.28. The SMILES string of the molecule is CC(=O)NC1CCC(C2C(C3CCCC(=O)N3c3ccc(F)c(F)c3)=Nc3ccccc32)CC1. The molecule has 0 aromatic heterocycles. The zero-order valence-electron chi connectivity index (χ0n) is 19.3. The Morgan fingerprint density at radius 1 is 1.03 bits per heavy atom. The van der Waals surface area contributed by atoms with E-state index in [2.05, 4.69) is 11.4 Å². The number of anilines is 1. The number of hydrogen-bond donors (Lipinski definition) is 1. The zero-order valence-corrected chi connectivity index (χ0v) is 19.3. The van der Waals surface area contributed by atoms with Crippen molar-refractivity contribution < 1.29 is 18.4 Å². The van der Waals surface area contributed by atoms with E-state index < -0.39 is 11.6 Å². The summed E-state index contributed by atoms with van der Waals surface area (Å²) in [5, 5.41) is 3.04. The Balaban J connectivity index is 1.48. The van der Waals surface area contributed by atoms with E-state index >= 15 is 0 Å². The summed E-state index contributed by atoms with van der Waals surface area (Å²) >= 11 is 0. The van der Waals surface area contributed by atoms with E-state index in [0.717, 1.165) is 62.1 Å². The molecule has 0 spiro atoms. The lowest BCUT2D eigenvalue weighted by atomic mass is 9.72. The van der Waals surface area contributed by atoms with E-state index in [-0.39, 0.29) is 29.8 Å². The fourth-order valence-corrected chi connectivity index (χ4v) is 5.99. The van der Waals surface area contributed by atoms with Crippen LogP contribution < -0.4 is 10.2 Å². The maximum absolute atomic E-state index is 14.1. The number of amides is 2. The normalized spacial score (nSPS) is 26.7. The number of benzene rings is 2. The van der Waals surface area contributed by atoms with Crippen LogP contribution in [0.25, 0.3) is 0 Å². The molecule has 0 radical (unpaired) electrons. The Morgan fingerprint density at radius 2 is 1.79 bits per heavy atom. The predicted molar refractivity (Wildman–Crippen MR) is 127 cm³/mol. The molecular formula is C27H29F2N3O2. The van der Waals surface area contributed by atoms with E-state index in [1.807, 2.05) is 18.2 Å². The van der Waals surface area contributed by atoms with Gasteiger partial charge in [-0.1, -0.05) is 18.2 Å². The van der Waals surface area contributed by atoms with E-state index in [1.54, 1.807) is 11.8 Å². The number of piperidine rings is 1. The number of rotatable bonds is 4. The standard InChI is InChI=1S/C27H29F2N3O2/c1-16(33)30-18-11-9-17(10-12-18)26-20-5-2-3-6-23(20)31-27(26)24-7-4-8-25(34)32(24)19-13-14-21(28)22(29)15-19/h2-3,5-6,13-15,17-18,24,26H,4,7-12H2,1H3,(H,30,33). The average Bonchev–Trinajstić information content (AvgIpc) is 3.20. The second-order valence-electron chi connectivity index (χ2n) is 9.66. The maximum Gasteiger partial charge on any atom is 0.227 e. The molecule has 2 aliphatic heterocycles. The Hall–Kier alpha value is -3.09. The van der Waals surface area contributed by atoms with Gasteiger partial charge in [0.2, 0.25) is 11.8 Å². The fourth-order valence-electron chi connectivity index (χ4n) is 5.99. The van der Waals surface area contributed by atoms with Crippen molar-refractivity contribution in [3.63, 3.8) is 0 Å². The van der Waals surface area contributed by atoms with Gasteiger partial charge in [0.05, 0.1) is 11.7 Å². The number of fused-ring (bicyclic) bond motifs is 1. The molecule has 1 saturated heterocycles. The molecule has 2 fully saturated rings. The molecule has 5 nitrogen and oxygen atoms in total. The van der Waals surface area contributed by atoms with Crippen LogP contribution in [0, 0.1) is 17.6 Å². The summed E-state index contributed by atoms with van der Waals surface area (Å²) in [5.74, 6) is -1.56. The summed E-state index contributed by atoms with van der Waals surface area (Å²) in [4.78, 5) is 31.2. The zero-order chi connectivity index (χ0) is 23.8. The van der Waals surface area contributed by atoms with Crippen molar-refractivity contribution >= 4 is 28.9 Å². The Bertz CT molecular complexity index is 1140. The minimum absolute atomic E-state index is 0.000182. The highest BCUT2D eigenvalue weighted by Crippen LogP contribution is 2.47. The maximum atomic E-state index is 14.1. The number of carbonyl (C=O) groups excluding carboxylic acids is 2. The van der Waals surface area contributed by atoms with Crippen molar-refractivity contribution in [3.8, 4) is 0 Å². The molecular weight excluding hydrogens is 436 g/mol. The van der Waals surface area contributed by atoms with Crippen molar-refractivity contribution in [1.29, 1.82) is 0 Å². The average molecular weight is 466 g/mol. The molecule has 2 atom stereocenters. The lowest BCUT2D eigenvalue weighted by Gasteiger charge is -2.40. The molecule has 2 aromatic rings. The van der Waals surface area contributed by atoms with Gasteiger partial charge in [0.1, 0.15) is 0 Å². The summed E-state index contributed by atoms with van der Waals surface area (Å²) in [7, 11) is 0. The molecule has 5 rings (SSSR count). The van der Waals surface area contributed by atoms with Crippen LogP contribution in [-0.2, 0) is 9.59 Å². The van der Waals surface area contributed by atoms with Crippen molar-refractivity contribution in [2.24, 2.45) is 10.9 Å². The molecule has 1 saturated carbocycles. The first-order chi connectivity index (χ1) is 16.4. The van der Waals surface area contributed by atoms with Gasteiger partial charge in [-0.05, 0) is 68.2 Å². The summed E-state index contributed by atoms with van der Waals surface area (Å²) < 4.78 is 27.7. The van der Waals surface area contributed by atoms with Crippen LogP contribution in [-0.4, -0.2) is 29.6 Å². The molecule has 1 N–H and O–H groups in total. The van der Waals surface area contributed by atoms with Gasteiger partial charge < -0.3 is 10.2 Å². The Kier molecular flexibility index (Phi) is 6.19. The van der Waals surface area contributed by atoms with Gasteiger partial charge in [-0.2, -0.15) is 0 Å². The summed E-state index contributed by atoms with van der Waals surface area (Å²) in [5.41, 5.74) is 3.42. The number of aliphatic imine (C=N–C) groups is 1. The first-order valence-corrected chi connectivity index (χ1v) is 12.1. The number of nitrogens with zero attached hydrogens (tertiary/aromatic N) is 2. The van der Waals surface area contributed by atoms with Crippen LogP contribution in [0.5, 0.6) is 0 Å². The number of halogens is 2. The second-order valence-corrected chi connectivity index (χ2v) is 9.66. The lowest BCUT2D eigenvalue weighted by Crippen LogP contribution is -2.50. The van der Waals surface area contributed by atoms with Crippen molar-refractivity contribution in [2.75, 3.05) is 4.90 Å². The van der Waals surface area contributed by atoms with Gasteiger partial charge in [0.15, 0.2) is 11.6 Å². The molecule has 2 amide bonds. The third-order valence-corrected chi connectivity index (χ3v) is 7.46. The van der Waals surface area contributed by atoms with Crippen LogP contribution in [0.1, 0.15) is 63.4 Å². The topological polar surface area (TPSA) is 61.8 Å². The molecule has 2 unspecified atom stereocenters. The van der Waals surface area contributed by atoms with Gasteiger partial charge in [-0.25, -0.2) is 8.78 Å². The fraction of sp³-hybridized carbons (Fsp3) is 0.444. The molecule has 2 heterocycles. The number of carbonyl (C=O) groups is 2. The highest BCUT2D eigenvalue weighted by molar-refractivity contribution is 6.09. The first-order valence-electron chi connectivity index (χ1n) is 12.1. The number of nitrogens with one attached hydrogen (secondary N) is 1. The van der Waals surface area contributed by atoms with E-state index in [9.17, 15) is 18.4 Å². The Morgan fingerprint density at radius 3 is 2.53 bits per heavy atom. The van der Waals surface area contributed by atoms with Crippen molar-refractivity contribution in [3.05, 3.63) is 59.7 Å². The molecule has 178 valence electrons. The number of hydrogen-bond acceptors (Lipinski definition) is 3. The molecule has 0 bridgehead atoms. The van der Waals surface area contributed by atoms with Gasteiger partial charge in [-0.3, -0.25) is 14.6 Å². The summed E-state index contributed by atoms with van der Waals surface area (Å²) in [6, 6.07) is 11.7. The van der Waals surface area contributed by atoms with Crippen molar-refractivity contribution in [1.82, 2.24) is 5.32 Å². The van der Waals surface area contributed by atoms with E-state index in [1.165, 1.54) is 11.6 Å². The largest absolute Gasteiger partial charge is 0.354 e. The predicted octanol–water partition coefficient (Wildman–Crippen LogP) is 5.42. The van der Waals surface area contributed by atoms with Crippen LogP contribution >= 0.6 is 0 Å². The van der Waals surface area contributed by atoms with Crippen LogP contribution in [0.15, 0.2) is 47.5 Å². The van der Waals surface area contributed by atoms with Gasteiger partial charge in [-0.15, -0.1) is 0 Å². The van der Waals surface area contributed by atoms with E-state index in [4.69, 9.17) is 4.99 Å². The highest BCUT2D eigenvalue weighted by atomic mass is 19.2. The third-order valence-electron chi connectivity index (χ3n) is 7.46. The van der Waals surface area contributed by atoms with Crippen LogP contribution in [0.2, 0.25) is 0 Å². The van der Waals surface area contributed by atoms with Crippen LogP contribution in [0.4, 0.5) is 20.2 Å². The lowest BCUT2D eigenvalue weighted by molar-refractivity contribution is -0.120. The highest BCUT2D eigenvalue weighted by Gasteiger charge is 2.43.